The zero-order chi connectivity index (χ0) is 19.2. The largest absolute Gasteiger partial charge is 0.496 e. The molecular formula is C21H35IN4O2. The molecule has 0 aromatic heterocycles. The third kappa shape index (κ3) is 5.65. The number of hydrogen-bond acceptors (Lipinski definition) is 4. The van der Waals surface area contributed by atoms with E-state index < -0.39 is 0 Å². The lowest BCUT2D eigenvalue weighted by Crippen LogP contribution is -2.44. The molecule has 3 rings (SSSR count). The Kier molecular flexibility index (Phi) is 9.14. The van der Waals surface area contributed by atoms with Crippen LogP contribution in [0, 0.1) is 0 Å². The number of nitrogens with zero attached hydrogens (tertiary/aromatic N) is 2. The van der Waals surface area contributed by atoms with E-state index in [0.717, 1.165) is 49.1 Å². The number of rotatable bonds is 7. The van der Waals surface area contributed by atoms with Gasteiger partial charge in [0.25, 0.3) is 0 Å². The maximum Gasteiger partial charge on any atom is 0.191 e. The summed E-state index contributed by atoms with van der Waals surface area (Å²) in [5, 5.41) is 6.87. The Morgan fingerprint density at radius 2 is 2.14 bits per heavy atom. The summed E-state index contributed by atoms with van der Waals surface area (Å²) in [6.45, 7) is 11.1. The van der Waals surface area contributed by atoms with Crippen molar-refractivity contribution in [2.45, 2.75) is 58.7 Å². The van der Waals surface area contributed by atoms with E-state index in [4.69, 9.17) is 14.5 Å². The molecule has 158 valence electrons. The van der Waals surface area contributed by atoms with Gasteiger partial charge in [0.1, 0.15) is 17.6 Å². The first kappa shape index (κ1) is 23.1. The molecule has 1 fully saturated rings. The Hall–Kier alpha value is -1.22. The number of fused-ring (bicyclic) bond motifs is 1. The molecule has 2 aliphatic rings. The molecule has 0 radical (unpaired) electrons. The minimum atomic E-state index is 0. The summed E-state index contributed by atoms with van der Waals surface area (Å²) in [5.74, 6) is 2.72. The van der Waals surface area contributed by atoms with E-state index in [0.29, 0.717) is 12.6 Å². The standard InChI is InChI=1S/C21H34N4O2.HI/c1-5-22-21(24-14-18-8-7-9-25(18)6-2)23-13-17-12-20-16(10-15(3)27-20)11-19(17)26-4;/h11-12,15,18H,5-10,13-14H2,1-4H3,(H2,22,23,24);1H. The predicted octanol–water partition coefficient (Wildman–Crippen LogP) is 3.18. The Balaban J connectivity index is 0.00000280. The second-order valence-electron chi connectivity index (χ2n) is 7.41. The molecule has 2 unspecified atom stereocenters. The number of methoxy groups -OCH3 is 1. The number of aliphatic imine (C=N–C) groups is 1. The van der Waals surface area contributed by atoms with Gasteiger partial charge in [-0.1, -0.05) is 6.92 Å². The molecular weight excluding hydrogens is 467 g/mol. The molecule has 1 aromatic carbocycles. The van der Waals surface area contributed by atoms with Crippen LogP contribution in [-0.4, -0.2) is 56.3 Å². The number of hydrogen-bond donors (Lipinski definition) is 2. The average Bonchev–Trinajstić information content (AvgIpc) is 3.27. The maximum atomic E-state index is 5.90. The summed E-state index contributed by atoms with van der Waals surface area (Å²) in [4.78, 5) is 7.33. The molecule has 2 heterocycles. The van der Waals surface area contributed by atoms with Crippen LogP contribution in [0.2, 0.25) is 0 Å². The van der Waals surface area contributed by atoms with Gasteiger partial charge in [0.15, 0.2) is 5.96 Å². The molecule has 2 aliphatic heterocycles. The minimum absolute atomic E-state index is 0. The van der Waals surface area contributed by atoms with Crippen LogP contribution < -0.4 is 20.1 Å². The second kappa shape index (κ2) is 11.1. The lowest BCUT2D eigenvalue weighted by molar-refractivity contribution is 0.254. The van der Waals surface area contributed by atoms with Crippen LogP contribution in [0.25, 0.3) is 0 Å². The van der Waals surface area contributed by atoms with Gasteiger partial charge in [-0.05, 0) is 51.9 Å². The zero-order valence-corrected chi connectivity index (χ0v) is 19.9. The van der Waals surface area contributed by atoms with Gasteiger partial charge in [-0.3, -0.25) is 4.90 Å². The van der Waals surface area contributed by atoms with Crippen molar-refractivity contribution in [2.24, 2.45) is 4.99 Å². The molecule has 6 nitrogen and oxygen atoms in total. The summed E-state index contributed by atoms with van der Waals surface area (Å²) in [5.41, 5.74) is 2.27. The number of ether oxygens (including phenoxy) is 2. The third-order valence-corrected chi connectivity index (χ3v) is 5.46. The number of guanidine groups is 1. The van der Waals surface area contributed by atoms with E-state index >= 15 is 0 Å². The highest BCUT2D eigenvalue weighted by Gasteiger charge is 2.23. The van der Waals surface area contributed by atoms with Gasteiger partial charge in [-0.25, -0.2) is 4.99 Å². The number of nitrogens with one attached hydrogen (secondary N) is 2. The van der Waals surface area contributed by atoms with E-state index in [-0.39, 0.29) is 30.1 Å². The highest BCUT2D eigenvalue weighted by Crippen LogP contribution is 2.35. The van der Waals surface area contributed by atoms with E-state index in [9.17, 15) is 0 Å². The Labute approximate surface area is 186 Å². The fourth-order valence-electron chi connectivity index (χ4n) is 4.06. The monoisotopic (exact) mass is 502 g/mol. The normalized spacial score (nSPS) is 21.6. The van der Waals surface area contributed by atoms with Gasteiger partial charge in [0.05, 0.1) is 13.7 Å². The zero-order valence-electron chi connectivity index (χ0n) is 17.6. The van der Waals surface area contributed by atoms with Crippen LogP contribution in [0.3, 0.4) is 0 Å². The molecule has 0 spiro atoms. The number of likely N-dealkylation sites (tertiary alicyclic amines) is 1. The van der Waals surface area contributed by atoms with Crippen LogP contribution in [0.5, 0.6) is 11.5 Å². The summed E-state index contributed by atoms with van der Waals surface area (Å²) >= 11 is 0. The SMILES string of the molecule is CCNC(=NCc1cc2c(cc1OC)CC(C)O2)NCC1CCCN1CC.I. The first-order chi connectivity index (χ1) is 13.1. The number of benzene rings is 1. The lowest BCUT2D eigenvalue weighted by atomic mass is 10.1. The summed E-state index contributed by atoms with van der Waals surface area (Å²) in [7, 11) is 1.72. The number of halogens is 1. The summed E-state index contributed by atoms with van der Waals surface area (Å²) in [6, 6.07) is 4.78. The van der Waals surface area contributed by atoms with Crippen molar-refractivity contribution in [3.63, 3.8) is 0 Å². The maximum absolute atomic E-state index is 5.90. The Morgan fingerprint density at radius 3 is 2.86 bits per heavy atom. The molecule has 1 aromatic rings. The van der Waals surface area contributed by atoms with Crippen LogP contribution >= 0.6 is 24.0 Å². The van der Waals surface area contributed by atoms with Gasteiger partial charge in [-0.15, -0.1) is 24.0 Å². The molecule has 0 amide bonds. The molecule has 0 saturated carbocycles. The van der Waals surface area contributed by atoms with Crippen LogP contribution in [-0.2, 0) is 13.0 Å². The molecule has 2 atom stereocenters. The van der Waals surface area contributed by atoms with E-state index in [1.807, 2.05) is 0 Å². The predicted molar refractivity (Wildman–Crippen MR) is 125 cm³/mol. The Bertz CT molecular complexity index is 668. The highest BCUT2D eigenvalue weighted by molar-refractivity contribution is 14.0. The second-order valence-corrected chi connectivity index (χ2v) is 7.41. The van der Waals surface area contributed by atoms with Crippen molar-refractivity contribution in [3.05, 3.63) is 23.3 Å². The molecule has 28 heavy (non-hydrogen) atoms. The molecule has 0 aliphatic carbocycles. The first-order valence-electron chi connectivity index (χ1n) is 10.3. The van der Waals surface area contributed by atoms with Crippen molar-refractivity contribution >= 4 is 29.9 Å². The minimum Gasteiger partial charge on any atom is -0.496 e. The lowest BCUT2D eigenvalue weighted by Gasteiger charge is -2.24. The summed E-state index contributed by atoms with van der Waals surface area (Å²) in [6.07, 6.45) is 3.72. The topological polar surface area (TPSA) is 58.1 Å². The van der Waals surface area contributed by atoms with Crippen molar-refractivity contribution in [1.82, 2.24) is 15.5 Å². The number of likely N-dealkylation sites (N-methyl/N-ethyl adjacent to an activating group) is 1. The van der Waals surface area contributed by atoms with E-state index in [1.54, 1.807) is 7.11 Å². The molecule has 2 N–H and O–H groups in total. The fourth-order valence-corrected chi connectivity index (χ4v) is 4.06. The molecule has 1 saturated heterocycles. The average molecular weight is 502 g/mol. The smallest absolute Gasteiger partial charge is 0.191 e. The highest BCUT2D eigenvalue weighted by atomic mass is 127. The van der Waals surface area contributed by atoms with Gasteiger partial charge in [0.2, 0.25) is 0 Å². The molecule has 7 heteroatoms. The summed E-state index contributed by atoms with van der Waals surface area (Å²) < 4.78 is 11.5. The fraction of sp³-hybridized carbons (Fsp3) is 0.667. The first-order valence-corrected chi connectivity index (χ1v) is 10.3. The van der Waals surface area contributed by atoms with Crippen LogP contribution in [0.4, 0.5) is 0 Å². The Morgan fingerprint density at radius 1 is 1.32 bits per heavy atom. The van der Waals surface area contributed by atoms with Crippen molar-refractivity contribution in [3.8, 4) is 11.5 Å². The van der Waals surface area contributed by atoms with Crippen molar-refractivity contribution < 1.29 is 9.47 Å². The van der Waals surface area contributed by atoms with E-state index in [2.05, 4.69) is 48.4 Å². The van der Waals surface area contributed by atoms with Crippen molar-refractivity contribution in [1.29, 1.82) is 0 Å². The molecule has 0 bridgehead atoms. The van der Waals surface area contributed by atoms with Crippen LogP contribution in [0.1, 0.15) is 44.7 Å². The van der Waals surface area contributed by atoms with Gasteiger partial charge in [0, 0.05) is 36.7 Å². The van der Waals surface area contributed by atoms with Gasteiger partial charge >= 0.3 is 0 Å². The third-order valence-electron chi connectivity index (χ3n) is 5.46. The van der Waals surface area contributed by atoms with Gasteiger partial charge in [-0.2, -0.15) is 0 Å². The van der Waals surface area contributed by atoms with Gasteiger partial charge < -0.3 is 20.1 Å². The van der Waals surface area contributed by atoms with Crippen molar-refractivity contribution in [2.75, 3.05) is 33.3 Å². The quantitative estimate of drug-likeness (QED) is 0.341. The van der Waals surface area contributed by atoms with E-state index in [1.165, 1.54) is 24.9 Å². The van der Waals surface area contributed by atoms with Crippen LogP contribution in [0.15, 0.2) is 17.1 Å².